The zero-order valence-corrected chi connectivity index (χ0v) is 10.9. The van der Waals surface area contributed by atoms with Gasteiger partial charge in [-0.05, 0) is 43.0 Å². The predicted octanol–water partition coefficient (Wildman–Crippen LogP) is 3.86. The Labute approximate surface area is 104 Å². The molecule has 1 aromatic carbocycles. The average Bonchev–Trinajstić information content (AvgIpc) is 2.67. The van der Waals surface area contributed by atoms with Crippen LogP contribution in [-0.4, -0.2) is 6.08 Å². The second-order valence-electron chi connectivity index (χ2n) is 4.40. The first-order chi connectivity index (χ1) is 7.68. The van der Waals surface area contributed by atoms with Gasteiger partial charge in [0.15, 0.2) is 0 Å². The van der Waals surface area contributed by atoms with Gasteiger partial charge in [-0.1, -0.05) is 34.8 Å². The Balaban J connectivity index is 2.51. The van der Waals surface area contributed by atoms with E-state index < -0.39 is 0 Å². The van der Waals surface area contributed by atoms with E-state index in [0.29, 0.717) is 0 Å². The van der Waals surface area contributed by atoms with Crippen LogP contribution < -0.4 is 0 Å². The highest BCUT2D eigenvalue weighted by Gasteiger charge is 2.36. The Morgan fingerprint density at radius 2 is 2.06 bits per heavy atom. The molecule has 1 fully saturated rings. The van der Waals surface area contributed by atoms with Gasteiger partial charge in [0.1, 0.15) is 0 Å². The summed E-state index contributed by atoms with van der Waals surface area (Å²) >= 11 is 3.45. The Morgan fingerprint density at radius 1 is 1.38 bits per heavy atom. The first-order valence-corrected chi connectivity index (χ1v) is 6.33. The van der Waals surface area contributed by atoms with Crippen LogP contribution >= 0.6 is 15.9 Å². The fraction of sp³-hybridized carbons (Fsp3) is 0.462. The van der Waals surface area contributed by atoms with E-state index >= 15 is 0 Å². The molecule has 3 heteroatoms. The Hall–Kier alpha value is -0.920. The standard InChI is InChI=1S/C13H14BrNO/c1-10-8-11(14)4-5-12(10)13(15-9-16)6-2-3-7-13/h4-5,8H,2-3,6-7H2,1H3. The van der Waals surface area contributed by atoms with E-state index in [0.717, 1.165) is 30.2 Å². The fourth-order valence-electron chi connectivity index (χ4n) is 2.64. The molecule has 1 aliphatic carbocycles. The van der Waals surface area contributed by atoms with E-state index in [-0.39, 0.29) is 5.54 Å². The van der Waals surface area contributed by atoms with Crippen LogP contribution in [0.4, 0.5) is 0 Å². The largest absolute Gasteiger partial charge is 0.235 e. The molecule has 0 unspecified atom stereocenters. The number of carbonyl (C=O) groups excluding carboxylic acids is 1. The van der Waals surface area contributed by atoms with Crippen LogP contribution in [0.25, 0.3) is 0 Å². The molecule has 0 saturated heterocycles. The summed E-state index contributed by atoms with van der Waals surface area (Å²) in [6.07, 6.45) is 5.96. The van der Waals surface area contributed by atoms with Gasteiger partial charge in [-0.2, -0.15) is 4.99 Å². The van der Waals surface area contributed by atoms with Gasteiger partial charge < -0.3 is 0 Å². The fourth-order valence-corrected chi connectivity index (χ4v) is 3.11. The van der Waals surface area contributed by atoms with Crippen LogP contribution in [0.1, 0.15) is 36.8 Å². The molecule has 0 N–H and O–H groups in total. The molecular weight excluding hydrogens is 266 g/mol. The molecule has 1 aliphatic rings. The summed E-state index contributed by atoms with van der Waals surface area (Å²) in [5.74, 6) is 0. The van der Waals surface area contributed by atoms with E-state index in [1.165, 1.54) is 11.1 Å². The molecule has 1 aromatic rings. The van der Waals surface area contributed by atoms with Crippen molar-refractivity contribution in [2.24, 2.45) is 4.99 Å². The maximum Gasteiger partial charge on any atom is 0.235 e. The molecule has 0 amide bonds. The zero-order valence-electron chi connectivity index (χ0n) is 9.29. The van der Waals surface area contributed by atoms with E-state index in [4.69, 9.17) is 0 Å². The van der Waals surface area contributed by atoms with E-state index in [1.54, 1.807) is 6.08 Å². The lowest BCUT2D eigenvalue weighted by Crippen LogP contribution is -2.20. The summed E-state index contributed by atoms with van der Waals surface area (Å²) in [6, 6.07) is 6.17. The van der Waals surface area contributed by atoms with Crippen molar-refractivity contribution < 1.29 is 4.79 Å². The molecule has 0 atom stereocenters. The molecule has 0 aliphatic heterocycles. The van der Waals surface area contributed by atoms with Gasteiger partial charge in [-0.3, -0.25) is 0 Å². The third-order valence-electron chi connectivity index (χ3n) is 3.38. The summed E-state index contributed by atoms with van der Waals surface area (Å²) in [5, 5.41) is 0. The highest BCUT2D eigenvalue weighted by molar-refractivity contribution is 9.10. The van der Waals surface area contributed by atoms with Crippen molar-refractivity contribution in [3.8, 4) is 0 Å². The van der Waals surface area contributed by atoms with Gasteiger partial charge in [-0.25, -0.2) is 4.79 Å². The number of rotatable bonds is 2. The van der Waals surface area contributed by atoms with Crippen molar-refractivity contribution in [1.29, 1.82) is 0 Å². The lowest BCUT2D eigenvalue weighted by molar-refractivity contribution is 0.453. The maximum atomic E-state index is 10.6. The minimum atomic E-state index is -0.299. The third kappa shape index (κ3) is 1.98. The number of hydrogen-bond acceptors (Lipinski definition) is 2. The first-order valence-electron chi connectivity index (χ1n) is 5.54. The molecule has 0 bridgehead atoms. The van der Waals surface area contributed by atoms with Crippen molar-refractivity contribution in [1.82, 2.24) is 0 Å². The predicted molar refractivity (Wildman–Crippen MR) is 67.1 cm³/mol. The van der Waals surface area contributed by atoms with Crippen LogP contribution in [0, 0.1) is 6.92 Å². The van der Waals surface area contributed by atoms with Gasteiger partial charge in [0, 0.05) is 4.47 Å². The molecular formula is C13H14BrNO. The van der Waals surface area contributed by atoms with Gasteiger partial charge >= 0.3 is 0 Å². The first kappa shape index (κ1) is 11.6. The van der Waals surface area contributed by atoms with E-state index in [2.05, 4.69) is 40.0 Å². The van der Waals surface area contributed by atoms with Crippen molar-refractivity contribution in [3.05, 3.63) is 33.8 Å². The van der Waals surface area contributed by atoms with E-state index in [9.17, 15) is 4.79 Å². The summed E-state index contributed by atoms with van der Waals surface area (Å²) in [5.41, 5.74) is 2.07. The third-order valence-corrected chi connectivity index (χ3v) is 3.87. The summed E-state index contributed by atoms with van der Waals surface area (Å²) in [6.45, 7) is 2.07. The monoisotopic (exact) mass is 279 g/mol. The Bertz CT molecular complexity index is 443. The molecule has 0 aromatic heterocycles. The average molecular weight is 280 g/mol. The maximum absolute atomic E-state index is 10.6. The number of aryl methyl sites for hydroxylation is 1. The number of nitrogens with zero attached hydrogens (tertiary/aromatic N) is 1. The lowest BCUT2D eigenvalue weighted by Gasteiger charge is -2.24. The lowest BCUT2D eigenvalue weighted by atomic mass is 9.86. The minimum Gasteiger partial charge on any atom is -0.211 e. The van der Waals surface area contributed by atoms with Gasteiger partial charge in [0.2, 0.25) is 6.08 Å². The second-order valence-corrected chi connectivity index (χ2v) is 5.32. The number of isocyanates is 1. The Kier molecular flexibility index (Phi) is 3.27. The van der Waals surface area contributed by atoms with Crippen LogP contribution in [0.15, 0.2) is 27.7 Å². The van der Waals surface area contributed by atoms with Crippen molar-refractivity contribution in [3.63, 3.8) is 0 Å². The topological polar surface area (TPSA) is 29.4 Å². The highest BCUT2D eigenvalue weighted by atomic mass is 79.9. The second kappa shape index (κ2) is 4.52. The molecule has 2 nitrogen and oxygen atoms in total. The molecule has 0 spiro atoms. The van der Waals surface area contributed by atoms with Crippen LogP contribution in [0.3, 0.4) is 0 Å². The summed E-state index contributed by atoms with van der Waals surface area (Å²) in [4.78, 5) is 14.7. The highest BCUT2D eigenvalue weighted by Crippen LogP contribution is 2.43. The van der Waals surface area contributed by atoms with Gasteiger partial charge in [-0.15, -0.1) is 0 Å². The van der Waals surface area contributed by atoms with E-state index in [1.807, 2.05) is 6.07 Å². The molecule has 0 heterocycles. The van der Waals surface area contributed by atoms with Gasteiger partial charge in [0.05, 0.1) is 5.54 Å². The number of hydrogen-bond donors (Lipinski definition) is 0. The Morgan fingerprint density at radius 3 is 2.62 bits per heavy atom. The molecule has 16 heavy (non-hydrogen) atoms. The normalized spacial score (nSPS) is 18.1. The number of benzene rings is 1. The summed E-state index contributed by atoms with van der Waals surface area (Å²) < 4.78 is 1.07. The number of halogens is 1. The van der Waals surface area contributed by atoms with Gasteiger partial charge in [0.25, 0.3) is 0 Å². The molecule has 0 radical (unpaired) electrons. The van der Waals surface area contributed by atoms with Crippen LogP contribution in [0.5, 0.6) is 0 Å². The molecule has 2 rings (SSSR count). The van der Waals surface area contributed by atoms with Crippen LogP contribution in [-0.2, 0) is 10.3 Å². The minimum absolute atomic E-state index is 0.299. The molecule has 1 saturated carbocycles. The zero-order chi connectivity index (χ0) is 11.6. The smallest absolute Gasteiger partial charge is 0.211 e. The quantitative estimate of drug-likeness (QED) is 0.597. The van der Waals surface area contributed by atoms with Crippen LogP contribution in [0.2, 0.25) is 0 Å². The SMILES string of the molecule is Cc1cc(Br)ccc1C1(N=C=O)CCCC1. The van der Waals surface area contributed by atoms with Crippen molar-refractivity contribution in [2.45, 2.75) is 38.1 Å². The number of aliphatic imine (C=N–C) groups is 1. The molecule has 84 valence electrons. The van der Waals surface area contributed by atoms with Crippen molar-refractivity contribution >= 4 is 22.0 Å². The summed E-state index contributed by atoms with van der Waals surface area (Å²) in [7, 11) is 0. The van der Waals surface area contributed by atoms with Crippen molar-refractivity contribution in [2.75, 3.05) is 0 Å².